The van der Waals surface area contributed by atoms with E-state index in [9.17, 15) is 14.3 Å². The molecular formula is C16H16ClFN2O5. The number of halogens is 2. The summed E-state index contributed by atoms with van der Waals surface area (Å²) in [5.74, 6) is -2.93. The highest BCUT2D eigenvalue weighted by atomic mass is 35.5. The molecule has 0 fully saturated rings. The molecule has 0 bridgehead atoms. The summed E-state index contributed by atoms with van der Waals surface area (Å²) >= 11 is 5.86. The first-order valence-corrected chi connectivity index (χ1v) is 7.75. The number of nitrogens with zero attached hydrogens (tertiary/aromatic N) is 2. The second kappa shape index (κ2) is 7.98. The molecule has 0 radical (unpaired) electrons. The van der Waals surface area contributed by atoms with Crippen molar-refractivity contribution in [1.82, 2.24) is 9.97 Å². The van der Waals surface area contributed by atoms with Gasteiger partial charge in [0.05, 0.1) is 30.9 Å². The van der Waals surface area contributed by atoms with Crippen molar-refractivity contribution >= 4 is 17.6 Å². The molecule has 1 aromatic carbocycles. The van der Waals surface area contributed by atoms with E-state index in [-0.39, 0.29) is 46.8 Å². The van der Waals surface area contributed by atoms with Gasteiger partial charge < -0.3 is 19.3 Å². The monoisotopic (exact) mass is 370 g/mol. The van der Waals surface area contributed by atoms with Crippen molar-refractivity contribution in [2.24, 2.45) is 0 Å². The van der Waals surface area contributed by atoms with E-state index in [0.717, 1.165) is 0 Å². The van der Waals surface area contributed by atoms with Crippen LogP contribution in [0.5, 0.6) is 17.4 Å². The Balaban J connectivity index is 2.66. The Labute approximate surface area is 148 Å². The maximum atomic E-state index is 14.6. The summed E-state index contributed by atoms with van der Waals surface area (Å²) < 4.78 is 29.6. The summed E-state index contributed by atoms with van der Waals surface area (Å²) in [7, 11) is 1.26. The van der Waals surface area contributed by atoms with E-state index in [1.165, 1.54) is 19.2 Å². The Bertz CT molecular complexity index is 801. The van der Waals surface area contributed by atoms with Crippen LogP contribution in [0.15, 0.2) is 12.1 Å². The minimum atomic E-state index is -0.828. The molecule has 0 atom stereocenters. The second-order valence-corrected chi connectivity index (χ2v) is 5.05. The molecule has 0 saturated carbocycles. The molecule has 0 aliphatic heterocycles. The van der Waals surface area contributed by atoms with Crippen molar-refractivity contribution < 1.29 is 28.5 Å². The first-order valence-electron chi connectivity index (χ1n) is 7.37. The topological polar surface area (TPSA) is 90.8 Å². The Morgan fingerprint density at radius 2 is 1.96 bits per heavy atom. The van der Waals surface area contributed by atoms with Crippen LogP contribution in [0.4, 0.5) is 4.39 Å². The molecule has 9 heteroatoms. The van der Waals surface area contributed by atoms with Crippen molar-refractivity contribution in [2.45, 2.75) is 13.8 Å². The summed E-state index contributed by atoms with van der Waals surface area (Å²) in [6.45, 7) is 3.52. The quantitative estimate of drug-likeness (QED) is 0.780. The molecule has 0 aliphatic rings. The van der Waals surface area contributed by atoms with Gasteiger partial charge in [0, 0.05) is 0 Å². The Morgan fingerprint density at radius 3 is 2.56 bits per heavy atom. The number of methoxy groups -OCH3 is 1. The lowest BCUT2D eigenvalue weighted by atomic mass is 10.1. The van der Waals surface area contributed by atoms with Crippen LogP contribution in [-0.2, 0) is 4.74 Å². The maximum absolute atomic E-state index is 14.6. The van der Waals surface area contributed by atoms with Gasteiger partial charge in [-0.1, -0.05) is 11.6 Å². The second-order valence-electron chi connectivity index (χ2n) is 4.64. The van der Waals surface area contributed by atoms with Gasteiger partial charge in [-0.3, -0.25) is 0 Å². The van der Waals surface area contributed by atoms with Gasteiger partial charge in [-0.05, 0) is 26.0 Å². The van der Waals surface area contributed by atoms with Crippen LogP contribution in [-0.4, -0.2) is 41.4 Å². The third kappa shape index (κ3) is 3.74. The number of esters is 1. The zero-order valence-corrected chi connectivity index (χ0v) is 14.6. The summed E-state index contributed by atoms with van der Waals surface area (Å²) in [6.07, 6.45) is 0. The Kier molecular flexibility index (Phi) is 5.97. The fourth-order valence-electron chi connectivity index (χ4n) is 2.07. The number of aromatic nitrogens is 2. The van der Waals surface area contributed by atoms with Gasteiger partial charge in [-0.2, -0.15) is 4.98 Å². The van der Waals surface area contributed by atoms with Crippen LogP contribution in [0, 0.1) is 5.82 Å². The molecule has 7 nitrogen and oxygen atoms in total. The molecule has 1 aromatic heterocycles. The number of aromatic hydroxyl groups is 1. The molecule has 134 valence electrons. The smallest absolute Gasteiger partial charge is 0.361 e. The number of carbonyl (C=O) groups excluding carboxylic acids is 1. The van der Waals surface area contributed by atoms with Crippen LogP contribution < -0.4 is 9.47 Å². The third-order valence-corrected chi connectivity index (χ3v) is 3.40. The lowest BCUT2D eigenvalue weighted by Gasteiger charge is -2.13. The van der Waals surface area contributed by atoms with Crippen molar-refractivity contribution in [2.75, 3.05) is 20.3 Å². The molecule has 0 aliphatic carbocycles. The van der Waals surface area contributed by atoms with Gasteiger partial charge in [0.1, 0.15) is 0 Å². The predicted molar refractivity (Wildman–Crippen MR) is 87.8 cm³/mol. The molecule has 25 heavy (non-hydrogen) atoms. The average molecular weight is 371 g/mol. The van der Waals surface area contributed by atoms with E-state index in [1.807, 2.05) is 0 Å². The van der Waals surface area contributed by atoms with E-state index in [0.29, 0.717) is 0 Å². The normalized spacial score (nSPS) is 10.4. The van der Waals surface area contributed by atoms with Crippen LogP contribution in [0.2, 0.25) is 5.02 Å². The van der Waals surface area contributed by atoms with E-state index in [2.05, 4.69) is 9.97 Å². The molecule has 1 N–H and O–H groups in total. The molecule has 0 spiro atoms. The lowest BCUT2D eigenvalue weighted by molar-refractivity contribution is 0.0513. The largest absolute Gasteiger partial charge is 0.492 e. The zero-order valence-electron chi connectivity index (χ0n) is 13.8. The van der Waals surface area contributed by atoms with Gasteiger partial charge in [0.15, 0.2) is 23.1 Å². The van der Waals surface area contributed by atoms with Crippen molar-refractivity contribution in [3.8, 4) is 28.8 Å². The standard InChI is InChI=1S/C16H16ClFN2O5/c1-4-24-13-11(16(22)25-5-2)19-14(20-15(13)21)8-6-7-9(17)12(23-3)10(8)18/h6-7H,4-5H2,1-3H3,(H,19,20,21). The van der Waals surface area contributed by atoms with Gasteiger partial charge in [0.25, 0.3) is 5.88 Å². The first-order chi connectivity index (χ1) is 11.9. The summed E-state index contributed by atoms with van der Waals surface area (Å²) in [5, 5.41) is 10.1. The van der Waals surface area contributed by atoms with E-state index < -0.39 is 17.7 Å². The SMILES string of the molecule is CCOC(=O)c1nc(-c2ccc(Cl)c(OC)c2F)nc(O)c1OCC. The number of ether oxygens (including phenoxy) is 3. The van der Waals surface area contributed by atoms with Gasteiger partial charge in [0.2, 0.25) is 5.75 Å². The first kappa shape index (κ1) is 18.7. The van der Waals surface area contributed by atoms with E-state index in [1.54, 1.807) is 13.8 Å². The zero-order chi connectivity index (χ0) is 18.6. The number of benzene rings is 1. The van der Waals surface area contributed by atoms with Crippen molar-refractivity contribution in [3.63, 3.8) is 0 Å². The Morgan fingerprint density at radius 1 is 1.24 bits per heavy atom. The van der Waals surface area contributed by atoms with E-state index in [4.69, 9.17) is 25.8 Å². The number of hydrogen-bond donors (Lipinski definition) is 1. The minimum absolute atomic E-state index is 0.0597. The number of rotatable bonds is 6. The number of hydrogen-bond acceptors (Lipinski definition) is 7. The van der Waals surface area contributed by atoms with Crippen LogP contribution in [0.1, 0.15) is 24.3 Å². The molecule has 0 saturated heterocycles. The third-order valence-electron chi connectivity index (χ3n) is 3.10. The minimum Gasteiger partial charge on any atom is -0.492 e. The highest BCUT2D eigenvalue weighted by Crippen LogP contribution is 2.36. The molecular weight excluding hydrogens is 355 g/mol. The molecule has 0 amide bonds. The molecule has 0 unspecified atom stereocenters. The Hall–Kier alpha value is -2.61. The number of carbonyl (C=O) groups is 1. The van der Waals surface area contributed by atoms with Crippen molar-refractivity contribution in [3.05, 3.63) is 28.7 Å². The van der Waals surface area contributed by atoms with Gasteiger partial charge in [-0.15, -0.1) is 0 Å². The molecule has 2 aromatic rings. The summed E-state index contributed by atoms with van der Waals surface area (Å²) in [6, 6.07) is 2.70. The average Bonchev–Trinajstić information content (AvgIpc) is 2.57. The van der Waals surface area contributed by atoms with Gasteiger partial charge >= 0.3 is 5.97 Å². The van der Waals surface area contributed by atoms with Crippen LogP contribution >= 0.6 is 11.6 Å². The fourth-order valence-corrected chi connectivity index (χ4v) is 2.29. The van der Waals surface area contributed by atoms with Crippen molar-refractivity contribution in [1.29, 1.82) is 0 Å². The van der Waals surface area contributed by atoms with Crippen LogP contribution in [0.25, 0.3) is 11.4 Å². The maximum Gasteiger partial charge on any atom is 0.361 e. The molecule has 1 heterocycles. The lowest BCUT2D eigenvalue weighted by Crippen LogP contribution is -2.12. The van der Waals surface area contributed by atoms with E-state index >= 15 is 0 Å². The summed E-state index contributed by atoms with van der Waals surface area (Å²) in [5.41, 5.74) is -0.412. The van der Waals surface area contributed by atoms with Gasteiger partial charge in [-0.25, -0.2) is 14.2 Å². The predicted octanol–water partition coefficient (Wildman–Crippen LogP) is 3.23. The fraction of sp³-hybridized carbons (Fsp3) is 0.312. The van der Waals surface area contributed by atoms with Crippen LogP contribution in [0.3, 0.4) is 0 Å². The highest BCUT2D eigenvalue weighted by molar-refractivity contribution is 6.32. The summed E-state index contributed by atoms with van der Waals surface area (Å²) in [4.78, 5) is 19.9. The molecule has 2 rings (SSSR count). The highest BCUT2D eigenvalue weighted by Gasteiger charge is 2.25.